The second-order valence-corrected chi connectivity index (χ2v) is 11.1. The summed E-state index contributed by atoms with van der Waals surface area (Å²) in [6.45, 7) is 4.53. The number of rotatable bonds is 11. The van der Waals surface area contributed by atoms with Crippen LogP contribution in [0.5, 0.6) is 0 Å². The van der Waals surface area contributed by atoms with Crippen molar-refractivity contribution in [1.82, 2.24) is 14.9 Å². The summed E-state index contributed by atoms with van der Waals surface area (Å²) in [5.74, 6) is -2.27. The maximum atomic E-state index is 15.6. The Labute approximate surface area is 239 Å². The third-order valence-corrected chi connectivity index (χ3v) is 8.26. The van der Waals surface area contributed by atoms with Gasteiger partial charge in [-0.1, -0.05) is 12.1 Å². The van der Waals surface area contributed by atoms with Gasteiger partial charge in [0.1, 0.15) is 16.3 Å². The molecule has 1 amide bonds. The molecule has 1 fully saturated rings. The molecule has 1 aliphatic rings. The average molecular weight is 585 g/mol. The molecule has 2 aromatic heterocycles. The summed E-state index contributed by atoms with van der Waals surface area (Å²) < 4.78 is 40.6. The van der Waals surface area contributed by atoms with Gasteiger partial charge in [0.25, 0.3) is 6.01 Å². The quantitative estimate of drug-likeness (QED) is 0.222. The van der Waals surface area contributed by atoms with Crippen molar-refractivity contribution < 1.29 is 32.6 Å². The van der Waals surface area contributed by atoms with E-state index < -0.39 is 17.6 Å². The number of nitrogens with one attached hydrogen (secondary N) is 1. The van der Waals surface area contributed by atoms with E-state index in [1.54, 1.807) is 30.2 Å². The Kier molecular flexibility index (Phi) is 8.60. The van der Waals surface area contributed by atoms with Gasteiger partial charge in [0.15, 0.2) is 11.4 Å². The fourth-order valence-electron chi connectivity index (χ4n) is 5.03. The average Bonchev–Trinajstić information content (AvgIpc) is 3.68. The second kappa shape index (κ2) is 12.3. The van der Waals surface area contributed by atoms with E-state index in [0.717, 1.165) is 15.4 Å². The highest BCUT2D eigenvalue weighted by atomic mass is 32.1. The summed E-state index contributed by atoms with van der Waals surface area (Å²) in [7, 11) is 0. The van der Waals surface area contributed by atoms with Crippen LogP contribution in [-0.2, 0) is 27.2 Å². The first kappa shape index (κ1) is 28.6. The van der Waals surface area contributed by atoms with Crippen LogP contribution in [0.4, 0.5) is 20.5 Å². The molecule has 216 valence electrons. The molecule has 0 saturated carbocycles. The van der Waals surface area contributed by atoms with E-state index in [-0.39, 0.29) is 53.5 Å². The lowest BCUT2D eigenvalue weighted by atomic mass is 10.1. The number of benzene rings is 2. The lowest BCUT2D eigenvalue weighted by molar-refractivity contribution is -0.137. The largest absolute Gasteiger partial charge is 0.481 e. The van der Waals surface area contributed by atoms with Gasteiger partial charge in [-0.05, 0) is 56.9 Å². The van der Waals surface area contributed by atoms with Gasteiger partial charge >= 0.3 is 5.97 Å². The number of aliphatic carboxylic acids is 1. The van der Waals surface area contributed by atoms with Crippen LogP contribution in [0.3, 0.4) is 0 Å². The van der Waals surface area contributed by atoms with E-state index in [9.17, 15) is 14.0 Å². The van der Waals surface area contributed by atoms with Gasteiger partial charge in [0, 0.05) is 28.9 Å². The topological polar surface area (TPSA) is 118 Å². The maximum absolute atomic E-state index is 15.6. The number of hydrogen-bond acceptors (Lipinski definition) is 8. The number of likely N-dealkylation sites (tertiary alicyclic amines) is 1. The first-order valence-electron chi connectivity index (χ1n) is 13.4. The Bertz CT molecular complexity index is 1570. The van der Waals surface area contributed by atoms with Crippen molar-refractivity contribution in [3.05, 3.63) is 69.2 Å². The van der Waals surface area contributed by atoms with Gasteiger partial charge in [-0.2, -0.15) is 4.98 Å². The predicted molar refractivity (Wildman–Crippen MR) is 149 cm³/mol. The molecule has 0 unspecified atom stereocenters. The number of oxazole rings is 1. The van der Waals surface area contributed by atoms with Gasteiger partial charge in [-0.15, -0.1) is 11.3 Å². The van der Waals surface area contributed by atoms with Crippen molar-refractivity contribution in [3.8, 4) is 0 Å². The van der Waals surface area contributed by atoms with Crippen molar-refractivity contribution in [2.24, 2.45) is 0 Å². The van der Waals surface area contributed by atoms with Crippen molar-refractivity contribution in [2.75, 3.05) is 18.5 Å². The monoisotopic (exact) mass is 584 g/mol. The molecule has 9 nitrogen and oxygen atoms in total. The predicted octanol–water partition coefficient (Wildman–Crippen LogP) is 5.94. The number of ether oxygens (including phenoxy) is 1. The molecular weight excluding hydrogens is 554 g/mol. The molecule has 4 aromatic rings. The second-order valence-electron chi connectivity index (χ2n) is 9.93. The molecule has 1 aliphatic heterocycles. The Morgan fingerprint density at radius 3 is 2.85 bits per heavy atom. The van der Waals surface area contributed by atoms with Gasteiger partial charge in [0.2, 0.25) is 5.91 Å². The number of carbonyl (C=O) groups excluding carboxylic acids is 1. The molecule has 41 heavy (non-hydrogen) atoms. The number of aryl methyl sites for hydroxylation is 2. The first-order valence-corrected chi connectivity index (χ1v) is 14.2. The fraction of sp³-hybridized carbons (Fsp3) is 0.379. The van der Waals surface area contributed by atoms with Crippen molar-refractivity contribution >= 4 is 46.0 Å². The zero-order valence-corrected chi connectivity index (χ0v) is 23.5. The molecule has 2 aromatic carbocycles. The zero-order valence-electron chi connectivity index (χ0n) is 22.7. The van der Waals surface area contributed by atoms with Crippen LogP contribution in [0, 0.1) is 18.6 Å². The molecule has 0 aliphatic carbocycles. The summed E-state index contributed by atoms with van der Waals surface area (Å²) in [6.07, 6.45) is 3.21. The Morgan fingerprint density at radius 2 is 2.07 bits per heavy atom. The molecule has 0 radical (unpaired) electrons. The molecule has 1 saturated heterocycles. The first-order chi connectivity index (χ1) is 19.7. The highest BCUT2D eigenvalue weighted by molar-refractivity contribution is 7.11. The van der Waals surface area contributed by atoms with Crippen molar-refractivity contribution in [3.63, 3.8) is 0 Å². The number of nitrogens with zero attached hydrogens (tertiary/aromatic N) is 3. The summed E-state index contributed by atoms with van der Waals surface area (Å²) >= 11 is 1.40. The normalized spacial score (nSPS) is 16.9. The number of halogens is 2. The van der Waals surface area contributed by atoms with Gasteiger partial charge in [-0.3, -0.25) is 9.59 Å². The van der Waals surface area contributed by atoms with Gasteiger partial charge < -0.3 is 24.5 Å². The lowest BCUT2D eigenvalue weighted by Gasteiger charge is -2.29. The van der Waals surface area contributed by atoms with Gasteiger partial charge in [-0.25, -0.2) is 13.8 Å². The van der Waals surface area contributed by atoms with Crippen LogP contribution >= 0.6 is 11.3 Å². The summed E-state index contributed by atoms with van der Waals surface area (Å²) in [5.41, 5.74) is 1.53. The van der Waals surface area contributed by atoms with Gasteiger partial charge in [0.05, 0.1) is 31.5 Å². The number of thiazole rings is 1. The summed E-state index contributed by atoms with van der Waals surface area (Å²) in [4.78, 5) is 36.0. The van der Waals surface area contributed by atoms with E-state index in [1.807, 2.05) is 6.92 Å². The van der Waals surface area contributed by atoms with Crippen molar-refractivity contribution in [1.29, 1.82) is 0 Å². The lowest BCUT2D eigenvalue weighted by Crippen LogP contribution is -2.40. The summed E-state index contributed by atoms with van der Waals surface area (Å²) in [5, 5.41) is 12.6. The number of hydrogen-bond donors (Lipinski definition) is 2. The van der Waals surface area contributed by atoms with Crippen molar-refractivity contribution in [2.45, 2.75) is 58.0 Å². The van der Waals surface area contributed by atoms with E-state index in [1.165, 1.54) is 29.5 Å². The van der Waals surface area contributed by atoms with Crippen LogP contribution in [0.15, 0.2) is 40.9 Å². The van der Waals surface area contributed by atoms with E-state index in [2.05, 4.69) is 15.3 Å². The highest BCUT2D eigenvalue weighted by Crippen LogP contribution is 2.39. The standard InChI is InChI=1S/C29H30F2N4O5S/c1-3-39-15-19-7-10-23(28-32-14-20(41-28)8-11-25(37)38)35(19)24(36)12-17-5-9-21-27(26(17)31)40-29(33-21)34-22-13-18(30)6-4-16(22)2/h4-6,9,13-14,19,23H,3,7-8,10-12,15H2,1-2H3,(H,33,34)(H,37,38)/t19-,23-/m0/s1. The van der Waals surface area contributed by atoms with Crippen LogP contribution in [0.2, 0.25) is 0 Å². The maximum Gasteiger partial charge on any atom is 0.303 e. The molecule has 2 N–H and O–H groups in total. The molecule has 0 bridgehead atoms. The van der Waals surface area contributed by atoms with E-state index in [4.69, 9.17) is 14.3 Å². The Hall–Kier alpha value is -3.90. The molecule has 3 heterocycles. The number of carbonyl (C=O) groups is 2. The third kappa shape index (κ3) is 6.38. The highest BCUT2D eigenvalue weighted by Gasteiger charge is 2.39. The summed E-state index contributed by atoms with van der Waals surface area (Å²) in [6, 6.07) is 6.86. The molecule has 12 heteroatoms. The zero-order chi connectivity index (χ0) is 29.1. The van der Waals surface area contributed by atoms with E-state index >= 15 is 4.39 Å². The van der Waals surface area contributed by atoms with Crippen LogP contribution < -0.4 is 5.32 Å². The molecule has 2 atom stereocenters. The Morgan fingerprint density at radius 1 is 1.24 bits per heavy atom. The van der Waals surface area contributed by atoms with Crippen LogP contribution in [-0.4, -0.2) is 51.1 Å². The number of carboxylic acid groups (broad SMARTS) is 1. The van der Waals surface area contributed by atoms with Crippen LogP contribution in [0.25, 0.3) is 11.1 Å². The third-order valence-electron chi connectivity index (χ3n) is 7.11. The fourth-order valence-corrected chi connectivity index (χ4v) is 6.08. The Balaban J connectivity index is 1.37. The minimum absolute atomic E-state index is 0.00434. The molecule has 5 rings (SSSR count). The van der Waals surface area contributed by atoms with Crippen LogP contribution in [0.1, 0.15) is 53.2 Å². The number of aromatic nitrogens is 2. The number of amides is 1. The number of carboxylic acids is 1. The minimum Gasteiger partial charge on any atom is -0.481 e. The minimum atomic E-state index is -0.882. The molecular formula is C29H30F2N4O5S. The molecule has 0 spiro atoms. The number of anilines is 2. The van der Waals surface area contributed by atoms with E-state index in [0.29, 0.717) is 38.2 Å². The number of fused-ring (bicyclic) bond motifs is 1. The SMILES string of the molecule is CCOC[C@@H]1CC[C@@H](c2ncc(CCC(=O)O)s2)N1C(=O)Cc1ccc2nc(Nc3cc(F)ccc3C)oc2c1F. The smallest absolute Gasteiger partial charge is 0.303 e.